The summed E-state index contributed by atoms with van der Waals surface area (Å²) in [7, 11) is 0. The van der Waals surface area contributed by atoms with Gasteiger partial charge in [0.2, 0.25) is 5.91 Å². The highest BCUT2D eigenvalue weighted by Gasteiger charge is 2.34. The zero-order valence-corrected chi connectivity index (χ0v) is 19.1. The van der Waals surface area contributed by atoms with E-state index in [4.69, 9.17) is 0 Å². The Morgan fingerprint density at radius 2 is 1.29 bits per heavy atom. The van der Waals surface area contributed by atoms with Crippen LogP contribution < -0.4 is 16.0 Å². The van der Waals surface area contributed by atoms with Crippen molar-refractivity contribution in [1.29, 1.82) is 0 Å². The average molecular weight is 454 g/mol. The van der Waals surface area contributed by atoms with E-state index < -0.39 is 0 Å². The first kappa shape index (κ1) is 21.9. The van der Waals surface area contributed by atoms with Gasteiger partial charge in [0.05, 0.1) is 16.8 Å². The van der Waals surface area contributed by atoms with Crippen molar-refractivity contribution >= 4 is 40.2 Å². The summed E-state index contributed by atoms with van der Waals surface area (Å²) in [5, 5.41) is 9.62. The van der Waals surface area contributed by atoms with Crippen LogP contribution in [0.5, 0.6) is 0 Å². The number of hydrogen-bond donors (Lipinski definition) is 3. The molecule has 1 fully saturated rings. The van der Waals surface area contributed by atoms with Crippen molar-refractivity contribution in [1.82, 2.24) is 0 Å². The van der Waals surface area contributed by atoms with Gasteiger partial charge in [-0.1, -0.05) is 43.5 Å². The molecule has 0 heterocycles. The van der Waals surface area contributed by atoms with Gasteiger partial charge < -0.3 is 16.0 Å². The van der Waals surface area contributed by atoms with Gasteiger partial charge >= 0.3 is 0 Å². The number of carbonyl (C=O) groups excluding carboxylic acids is 3. The van der Waals surface area contributed by atoms with E-state index in [-0.39, 0.29) is 17.5 Å². The number of anilines is 4. The van der Waals surface area contributed by atoms with Gasteiger partial charge in [-0.25, -0.2) is 0 Å². The lowest BCUT2D eigenvalue weighted by Crippen LogP contribution is -2.27. The topological polar surface area (TPSA) is 87.3 Å². The highest BCUT2D eigenvalue weighted by molar-refractivity contribution is 6.32. The third-order valence-electron chi connectivity index (χ3n) is 6.52. The first-order chi connectivity index (χ1) is 16.5. The molecular weight excluding hydrogens is 426 g/mol. The summed E-state index contributed by atoms with van der Waals surface area (Å²) in [6, 6.07) is 18.3. The molecule has 3 aromatic rings. The Labute approximate surface area is 198 Å². The van der Waals surface area contributed by atoms with E-state index >= 15 is 0 Å². The minimum atomic E-state index is -0.158. The van der Waals surface area contributed by atoms with E-state index in [9.17, 15) is 14.4 Å². The zero-order valence-electron chi connectivity index (χ0n) is 19.1. The van der Waals surface area contributed by atoms with Crippen LogP contribution in [0.15, 0.2) is 60.7 Å². The monoisotopic (exact) mass is 453 g/mol. The van der Waals surface area contributed by atoms with Crippen molar-refractivity contribution < 1.29 is 14.4 Å². The molecule has 6 nitrogen and oxygen atoms in total. The van der Waals surface area contributed by atoms with Crippen LogP contribution in [-0.2, 0) is 4.79 Å². The third-order valence-corrected chi connectivity index (χ3v) is 6.52. The molecule has 3 N–H and O–H groups in total. The van der Waals surface area contributed by atoms with E-state index in [2.05, 4.69) is 16.0 Å². The molecule has 0 saturated heterocycles. The SMILES string of the molecule is CC(=O)Nc1ccc(Nc2ccc(NC3CCCCC3)c3c2C(=O)c2ccccc2C3=O)cc1. The molecule has 3 aromatic carbocycles. The van der Waals surface area contributed by atoms with Crippen molar-refractivity contribution in [3.05, 3.63) is 82.9 Å². The molecule has 5 rings (SSSR count). The fraction of sp³-hybridized carbons (Fsp3) is 0.250. The Balaban J connectivity index is 1.55. The number of ketones is 2. The van der Waals surface area contributed by atoms with Gasteiger partial charge in [0, 0.05) is 41.2 Å². The van der Waals surface area contributed by atoms with E-state index in [0.29, 0.717) is 39.7 Å². The average Bonchev–Trinajstić information content (AvgIpc) is 2.85. The molecule has 1 amide bonds. The summed E-state index contributed by atoms with van der Waals surface area (Å²) < 4.78 is 0. The van der Waals surface area contributed by atoms with Crippen molar-refractivity contribution in [2.24, 2.45) is 0 Å². The van der Waals surface area contributed by atoms with Crippen molar-refractivity contribution in [3.63, 3.8) is 0 Å². The number of rotatable bonds is 5. The first-order valence-electron chi connectivity index (χ1n) is 11.8. The predicted molar refractivity (Wildman–Crippen MR) is 134 cm³/mol. The maximum atomic E-state index is 13.6. The molecule has 0 atom stereocenters. The van der Waals surface area contributed by atoms with E-state index in [1.807, 2.05) is 24.3 Å². The highest BCUT2D eigenvalue weighted by atomic mass is 16.1. The summed E-state index contributed by atoms with van der Waals surface area (Å²) in [5.41, 5.74) is 4.47. The summed E-state index contributed by atoms with van der Waals surface area (Å²) >= 11 is 0. The third kappa shape index (κ3) is 4.19. The molecule has 0 radical (unpaired) electrons. The number of benzene rings is 3. The Hall–Kier alpha value is -3.93. The van der Waals surface area contributed by atoms with Crippen LogP contribution in [0.4, 0.5) is 22.7 Å². The second kappa shape index (κ2) is 9.14. The van der Waals surface area contributed by atoms with Crippen LogP contribution in [-0.4, -0.2) is 23.5 Å². The Bertz CT molecular complexity index is 1270. The standard InChI is InChI=1S/C28H27N3O3/c1-17(32)29-19-11-13-20(14-12-19)31-24-16-15-23(30-18-7-3-2-4-8-18)25-26(24)28(34)22-10-6-5-9-21(22)27(25)33/h5-6,9-16,18,30-31H,2-4,7-8H2,1H3,(H,29,32). The van der Waals surface area contributed by atoms with Crippen LogP contribution in [0.3, 0.4) is 0 Å². The van der Waals surface area contributed by atoms with Crippen molar-refractivity contribution in [2.45, 2.75) is 45.1 Å². The highest BCUT2D eigenvalue weighted by Crippen LogP contribution is 2.38. The van der Waals surface area contributed by atoms with Gasteiger partial charge in [0.1, 0.15) is 0 Å². The van der Waals surface area contributed by atoms with E-state index in [1.54, 1.807) is 36.4 Å². The van der Waals surface area contributed by atoms with Crippen LogP contribution in [0.2, 0.25) is 0 Å². The molecule has 0 spiro atoms. The van der Waals surface area contributed by atoms with Gasteiger partial charge in [0.25, 0.3) is 0 Å². The quantitative estimate of drug-likeness (QED) is 0.350. The lowest BCUT2D eigenvalue weighted by Gasteiger charge is -2.28. The number of fused-ring (bicyclic) bond motifs is 2. The second-order valence-corrected chi connectivity index (χ2v) is 8.98. The summed E-state index contributed by atoms with van der Waals surface area (Å²) in [6.45, 7) is 1.46. The Morgan fingerprint density at radius 1 is 0.735 bits per heavy atom. The largest absolute Gasteiger partial charge is 0.382 e. The molecule has 172 valence electrons. The number of nitrogens with one attached hydrogen (secondary N) is 3. The summed E-state index contributed by atoms with van der Waals surface area (Å²) in [6.07, 6.45) is 5.71. The van der Waals surface area contributed by atoms with Crippen LogP contribution in [0, 0.1) is 0 Å². The lowest BCUT2D eigenvalue weighted by atomic mass is 9.82. The molecule has 0 aromatic heterocycles. The molecule has 6 heteroatoms. The number of hydrogen-bond acceptors (Lipinski definition) is 5. The summed E-state index contributed by atoms with van der Waals surface area (Å²) in [4.78, 5) is 38.5. The molecule has 2 aliphatic carbocycles. The molecule has 2 aliphatic rings. The maximum absolute atomic E-state index is 13.6. The zero-order chi connectivity index (χ0) is 23.7. The summed E-state index contributed by atoms with van der Waals surface area (Å²) in [5.74, 6) is -0.429. The molecule has 0 aliphatic heterocycles. The normalized spacial score (nSPS) is 15.3. The van der Waals surface area contributed by atoms with E-state index in [1.165, 1.54) is 26.2 Å². The van der Waals surface area contributed by atoms with Crippen LogP contribution in [0.1, 0.15) is 70.9 Å². The molecule has 34 heavy (non-hydrogen) atoms. The van der Waals surface area contributed by atoms with Gasteiger partial charge in [-0.05, 0) is 49.2 Å². The molecular formula is C28H27N3O3. The minimum Gasteiger partial charge on any atom is -0.382 e. The fourth-order valence-corrected chi connectivity index (χ4v) is 4.91. The Kier molecular flexibility index (Phi) is 5.88. The van der Waals surface area contributed by atoms with Crippen LogP contribution in [0.25, 0.3) is 0 Å². The number of amides is 1. The second-order valence-electron chi connectivity index (χ2n) is 8.98. The van der Waals surface area contributed by atoms with E-state index in [0.717, 1.165) is 24.2 Å². The van der Waals surface area contributed by atoms with Gasteiger partial charge in [-0.15, -0.1) is 0 Å². The predicted octanol–water partition coefficient (Wildman–Crippen LogP) is 5.91. The maximum Gasteiger partial charge on any atom is 0.221 e. The Morgan fingerprint density at radius 3 is 1.91 bits per heavy atom. The lowest BCUT2D eigenvalue weighted by molar-refractivity contribution is -0.114. The first-order valence-corrected chi connectivity index (χ1v) is 11.8. The van der Waals surface area contributed by atoms with Gasteiger partial charge in [-0.2, -0.15) is 0 Å². The van der Waals surface area contributed by atoms with Crippen LogP contribution >= 0.6 is 0 Å². The number of carbonyl (C=O) groups is 3. The van der Waals surface area contributed by atoms with Crippen molar-refractivity contribution in [3.8, 4) is 0 Å². The van der Waals surface area contributed by atoms with Gasteiger partial charge in [0.15, 0.2) is 11.6 Å². The minimum absolute atomic E-state index is 0.131. The molecule has 0 bridgehead atoms. The molecule has 1 saturated carbocycles. The smallest absolute Gasteiger partial charge is 0.221 e. The fourth-order valence-electron chi connectivity index (χ4n) is 4.91. The van der Waals surface area contributed by atoms with Crippen molar-refractivity contribution in [2.75, 3.05) is 16.0 Å². The molecule has 0 unspecified atom stereocenters. The van der Waals surface area contributed by atoms with Gasteiger partial charge in [-0.3, -0.25) is 14.4 Å².